The molecule has 2 bridgehead atoms. The van der Waals surface area contributed by atoms with Gasteiger partial charge in [-0.15, -0.1) is 0 Å². The van der Waals surface area contributed by atoms with E-state index in [0.29, 0.717) is 31.6 Å². The molecule has 184 valence electrons. The third-order valence-corrected chi connectivity index (χ3v) is 7.79. The van der Waals surface area contributed by atoms with E-state index in [4.69, 9.17) is 9.47 Å². The maximum Gasteiger partial charge on any atom is 0.410 e. The van der Waals surface area contributed by atoms with Gasteiger partial charge in [0.1, 0.15) is 18.2 Å². The summed E-state index contributed by atoms with van der Waals surface area (Å²) in [5.74, 6) is -0.423. The highest BCUT2D eigenvalue weighted by atomic mass is 19.1. The minimum Gasteiger partial charge on any atom is -0.448 e. The van der Waals surface area contributed by atoms with Crippen LogP contribution in [0.4, 0.5) is 9.18 Å². The number of amides is 1. The normalized spacial score (nSPS) is 22.6. The number of nitrogens with zero attached hydrogens (tertiary/aromatic N) is 1. The van der Waals surface area contributed by atoms with Crippen molar-refractivity contribution in [2.24, 2.45) is 5.92 Å². The van der Waals surface area contributed by atoms with Crippen LogP contribution in [0.1, 0.15) is 35.4 Å². The van der Waals surface area contributed by atoms with Gasteiger partial charge in [0.05, 0.1) is 25.3 Å². The summed E-state index contributed by atoms with van der Waals surface area (Å²) in [4.78, 5) is 28.1. The Hall–Kier alpha value is -3.51. The van der Waals surface area contributed by atoms with Crippen LogP contribution in [0.15, 0.2) is 72.8 Å². The van der Waals surface area contributed by atoms with E-state index in [1.807, 2.05) is 24.3 Å². The summed E-state index contributed by atoms with van der Waals surface area (Å²) >= 11 is 0. The Labute approximate surface area is 209 Å². The van der Waals surface area contributed by atoms with Crippen molar-refractivity contribution in [1.29, 1.82) is 0 Å². The van der Waals surface area contributed by atoms with E-state index in [1.54, 1.807) is 17.0 Å². The first kappa shape index (κ1) is 22.9. The van der Waals surface area contributed by atoms with Crippen LogP contribution in [0, 0.1) is 11.7 Å². The number of morpholine rings is 1. The van der Waals surface area contributed by atoms with Gasteiger partial charge in [0.2, 0.25) is 0 Å². The maximum atomic E-state index is 13.6. The molecule has 5 nitrogen and oxygen atoms in total. The first-order chi connectivity index (χ1) is 17.6. The lowest BCUT2D eigenvalue weighted by atomic mass is 9.81. The van der Waals surface area contributed by atoms with Crippen LogP contribution in [0.5, 0.6) is 0 Å². The number of benzene rings is 3. The van der Waals surface area contributed by atoms with Crippen molar-refractivity contribution in [3.8, 4) is 11.1 Å². The first-order valence-corrected chi connectivity index (χ1v) is 12.6. The fourth-order valence-corrected chi connectivity index (χ4v) is 6.14. The van der Waals surface area contributed by atoms with E-state index in [0.717, 1.165) is 0 Å². The lowest BCUT2D eigenvalue weighted by Gasteiger charge is -2.47. The molecule has 2 atom stereocenters. The molecular formula is C30H28FNO4. The molecule has 1 amide bonds. The van der Waals surface area contributed by atoms with Crippen LogP contribution in [0.25, 0.3) is 11.1 Å². The number of ether oxygens (including phenoxy) is 2. The zero-order valence-corrected chi connectivity index (χ0v) is 19.9. The molecule has 2 fully saturated rings. The Balaban J connectivity index is 1.13. The van der Waals surface area contributed by atoms with Crippen molar-refractivity contribution in [3.63, 3.8) is 0 Å². The zero-order chi connectivity index (χ0) is 24.6. The largest absolute Gasteiger partial charge is 0.448 e. The molecule has 2 heterocycles. The number of Topliss-reactive ketones (excluding diaryl/α,β-unsaturated/α-hetero) is 1. The first-order valence-electron chi connectivity index (χ1n) is 12.6. The monoisotopic (exact) mass is 485 g/mol. The van der Waals surface area contributed by atoms with Gasteiger partial charge in [-0.2, -0.15) is 0 Å². The highest BCUT2D eigenvalue weighted by molar-refractivity contribution is 5.84. The van der Waals surface area contributed by atoms with Gasteiger partial charge < -0.3 is 9.47 Å². The van der Waals surface area contributed by atoms with Crippen LogP contribution in [-0.4, -0.2) is 48.7 Å². The summed E-state index contributed by atoms with van der Waals surface area (Å²) in [6.07, 6.45) is 0.934. The van der Waals surface area contributed by atoms with E-state index in [1.165, 1.54) is 34.4 Å². The van der Waals surface area contributed by atoms with Crippen molar-refractivity contribution in [1.82, 2.24) is 4.90 Å². The van der Waals surface area contributed by atoms with Gasteiger partial charge in [0.15, 0.2) is 0 Å². The van der Waals surface area contributed by atoms with Crippen molar-refractivity contribution < 1.29 is 23.5 Å². The van der Waals surface area contributed by atoms with E-state index < -0.39 is 0 Å². The lowest BCUT2D eigenvalue weighted by molar-refractivity contribution is -0.130. The smallest absolute Gasteiger partial charge is 0.410 e. The number of fused-ring (bicyclic) bond motifs is 5. The molecule has 0 radical (unpaired) electrons. The van der Waals surface area contributed by atoms with Gasteiger partial charge in [-0.1, -0.05) is 60.7 Å². The molecule has 6 rings (SSSR count). The molecule has 6 heteroatoms. The topological polar surface area (TPSA) is 55.8 Å². The SMILES string of the molecule is O=C(Cc1cccc(F)c1)C1CC2COCC(C1)N2C(=O)OCC1c2ccccc2-c2ccccc21. The average Bonchev–Trinajstić information content (AvgIpc) is 3.20. The number of hydrogen-bond acceptors (Lipinski definition) is 4. The number of halogens is 1. The summed E-state index contributed by atoms with van der Waals surface area (Å²) in [5.41, 5.74) is 5.42. The Bertz CT molecular complexity index is 1250. The molecular weight excluding hydrogens is 457 g/mol. The van der Waals surface area contributed by atoms with Crippen LogP contribution in [0.2, 0.25) is 0 Å². The minimum absolute atomic E-state index is 0.00262. The number of hydrogen-bond donors (Lipinski definition) is 0. The molecule has 2 unspecified atom stereocenters. The Morgan fingerprint density at radius 1 is 0.889 bits per heavy atom. The van der Waals surface area contributed by atoms with E-state index in [-0.39, 0.29) is 54.6 Å². The van der Waals surface area contributed by atoms with Gasteiger partial charge in [-0.3, -0.25) is 9.69 Å². The predicted molar refractivity (Wildman–Crippen MR) is 133 cm³/mol. The zero-order valence-electron chi connectivity index (χ0n) is 19.9. The summed E-state index contributed by atoms with van der Waals surface area (Å²) in [6.45, 7) is 1.06. The van der Waals surface area contributed by atoms with Crippen molar-refractivity contribution >= 4 is 11.9 Å². The lowest BCUT2D eigenvalue weighted by Crippen LogP contribution is -2.60. The van der Waals surface area contributed by atoms with Gasteiger partial charge >= 0.3 is 6.09 Å². The Morgan fingerprint density at radius 2 is 1.53 bits per heavy atom. The van der Waals surface area contributed by atoms with E-state index in [9.17, 15) is 14.0 Å². The number of ketones is 1. The second kappa shape index (κ2) is 9.51. The summed E-state index contributed by atoms with van der Waals surface area (Å²) in [7, 11) is 0. The fourth-order valence-electron chi connectivity index (χ4n) is 6.14. The summed E-state index contributed by atoms with van der Waals surface area (Å²) in [5, 5.41) is 0. The quantitative estimate of drug-likeness (QED) is 0.488. The fraction of sp³-hybridized carbons (Fsp3) is 0.333. The molecule has 0 N–H and O–H groups in total. The third-order valence-electron chi connectivity index (χ3n) is 7.79. The molecule has 36 heavy (non-hydrogen) atoms. The van der Waals surface area contributed by atoms with Crippen molar-refractivity contribution in [2.45, 2.75) is 37.3 Å². The minimum atomic E-state index is -0.341. The van der Waals surface area contributed by atoms with Crippen LogP contribution >= 0.6 is 0 Å². The number of rotatable bonds is 5. The number of carbonyl (C=O) groups excluding carboxylic acids is 2. The molecule has 1 aliphatic carbocycles. The molecule has 3 aromatic carbocycles. The molecule has 2 aliphatic heterocycles. The maximum absolute atomic E-state index is 13.6. The van der Waals surface area contributed by atoms with Crippen LogP contribution in [0.3, 0.4) is 0 Å². The van der Waals surface area contributed by atoms with Crippen molar-refractivity contribution in [3.05, 3.63) is 95.3 Å². The second-order valence-corrected chi connectivity index (χ2v) is 10.00. The number of carbonyl (C=O) groups is 2. The van der Waals surface area contributed by atoms with E-state index >= 15 is 0 Å². The second-order valence-electron chi connectivity index (χ2n) is 10.00. The van der Waals surface area contributed by atoms with Crippen molar-refractivity contribution in [2.75, 3.05) is 19.8 Å². The molecule has 0 spiro atoms. The molecule has 2 saturated heterocycles. The molecule has 0 aromatic heterocycles. The molecule has 3 aliphatic rings. The highest BCUT2D eigenvalue weighted by Crippen LogP contribution is 2.44. The summed E-state index contributed by atoms with van der Waals surface area (Å²) in [6, 6.07) is 22.3. The third kappa shape index (κ3) is 4.20. The van der Waals surface area contributed by atoms with E-state index in [2.05, 4.69) is 24.3 Å². The molecule has 0 saturated carbocycles. The predicted octanol–water partition coefficient (Wildman–Crippen LogP) is 5.37. The standard InChI is InChI=1S/C30H28FNO4/c31-21-7-5-6-19(12-21)13-29(33)20-14-22-16-35-17-23(15-20)32(22)30(34)36-18-28-26-10-3-1-8-24(26)25-9-2-4-11-27(25)28/h1-12,20,22-23,28H,13-18H2. The van der Waals surface area contributed by atoms with Gasteiger partial charge in [-0.05, 0) is 52.8 Å². The van der Waals surface area contributed by atoms with Gasteiger partial charge in [-0.25, -0.2) is 9.18 Å². The van der Waals surface area contributed by atoms with Gasteiger partial charge in [0, 0.05) is 18.3 Å². The Kier molecular flexibility index (Phi) is 6.05. The highest BCUT2D eigenvalue weighted by Gasteiger charge is 2.44. The van der Waals surface area contributed by atoms with Crippen LogP contribution in [-0.2, 0) is 20.7 Å². The Morgan fingerprint density at radius 3 is 2.17 bits per heavy atom. The summed E-state index contributed by atoms with van der Waals surface area (Å²) < 4.78 is 25.2. The molecule has 3 aromatic rings. The average molecular weight is 486 g/mol. The van der Waals surface area contributed by atoms with Gasteiger partial charge in [0.25, 0.3) is 0 Å². The number of piperidine rings is 1. The van der Waals surface area contributed by atoms with Crippen LogP contribution < -0.4 is 0 Å².